The molecule has 2 rings (SSSR count). The molecule has 0 bridgehead atoms. The van der Waals surface area contributed by atoms with E-state index >= 15 is 0 Å². The third kappa shape index (κ3) is 1.85. The van der Waals surface area contributed by atoms with Gasteiger partial charge in [-0.3, -0.25) is 4.98 Å². The maximum atomic E-state index is 13.5. The molecule has 0 atom stereocenters. The minimum Gasteiger partial charge on any atom is -0.256 e. The van der Waals surface area contributed by atoms with Gasteiger partial charge < -0.3 is 0 Å². The molecule has 0 aliphatic rings. The largest absolute Gasteiger partial charge is 0.256 e. The summed E-state index contributed by atoms with van der Waals surface area (Å²) in [6.07, 6.45) is 1.68. The molecule has 15 heavy (non-hydrogen) atoms. The van der Waals surface area contributed by atoms with Crippen LogP contribution >= 0.6 is 11.6 Å². The molecule has 0 aliphatic heterocycles. The molecule has 0 amide bonds. The molecule has 3 heteroatoms. The Bertz CT molecular complexity index is 482. The zero-order valence-electron chi connectivity index (χ0n) is 8.17. The fraction of sp³-hybridized carbons (Fsp3) is 0.0833. The van der Waals surface area contributed by atoms with Gasteiger partial charge in [-0.25, -0.2) is 4.39 Å². The normalized spacial score (nSPS) is 10.3. The van der Waals surface area contributed by atoms with Crippen LogP contribution in [0.1, 0.15) is 5.56 Å². The molecule has 0 N–H and O–H groups in total. The van der Waals surface area contributed by atoms with E-state index in [1.165, 1.54) is 0 Å². The van der Waals surface area contributed by atoms with Crippen molar-refractivity contribution in [2.45, 2.75) is 6.92 Å². The fourth-order valence-electron chi connectivity index (χ4n) is 1.45. The summed E-state index contributed by atoms with van der Waals surface area (Å²) in [5.41, 5.74) is 2.06. The van der Waals surface area contributed by atoms with E-state index in [2.05, 4.69) is 4.98 Å². The first kappa shape index (κ1) is 10.1. The van der Waals surface area contributed by atoms with E-state index in [-0.39, 0.29) is 10.8 Å². The molecule has 0 saturated carbocycles. The van der Waals surface area contributed by atoms with Gasteiger partial charge in [-0.15, -0.1) is 0 Å². The Morgan fingerprint density at radius 3 is 2.67 bits per heavy atom. The lowest BCUT2D eigenvalue weighted by Crippen LogP contribution is -1.90. The van der Waals surface area contributed by atoms with E-state index in [9.17, 15) is 4.39 Å². The Hall–Kier alpha value is -1.41. The molecule has 1 heterocycles. The highest BCUT2D eigenvalue weighted by atomic mass is 35.5. The van der Waals surface area contributed by atoms with Gasteiger partial charge in [0.2, 0.25) is 0 Å². The summed E-state index contributed by atoms with van der Waals surface area (Å²) < 4.78 is 13.5. The van der Waals surface area contributed by atoms with Crippen LogP contribution in [0.2, 0.25) is 5.02 Å². The zero-order valence-corrected chi connectivity index (χ0v) is 8.92. The smallest absolute Gasteiger partial charge is 0.145 e. The minimum absolute atomic E-state index is 0.146. The Balaban J connectivity index is 2.60. The van der Waals surface area contributed by atoms with E-state index in [4.69, 9.17) is 11.6 Å². The van der Waals surface area contributed by atoms with Crippen LogP contribution in [0.5, 0.6) is 0 Å². The van der Waals surface area contributed by atoms with Gasteiger partial charge in [-0.2, -0.15) is 0 Å². The van der Waals surface area contributed by atoms with Crippen molar-refractivity contribution in [3.63, 3.8) is 0 Å². The van der Waals surface area contributed by atoms with Crippen molar-refractivity contribution in [3.8, 4) is 11.3 Å². The molecule has 0 saturated heterocycles. The summed E-state index contributed by atoms with van der Waals surface area (Å²) in [5.74, 6) is -0.375. The van der Waals surface area contributed by atoms with Crippen LogP contribution in [0.15, 0.2) is 36.5 Å². The Kier molecular flexibility index (Phi) is 2.69. The Labute approximate surface area is 92.5 Å². The summed E-state index contributed by atoms with van der Waals surface area (Å²) in [7, 11) is 0. The van der Waals surface area contributed by atoms with E-state index in [1.54, 1.807) is 25.3 Å². The molecule has 0 aliphatic carbocycles. The third-order valence-electron chi connectivity index (χ3n) is 2.28. The van der Waals surface area contributed by atoms with Gasteiger partial charge in [-0.1, -0.05) is 23.7 Å². The molecule has 0 radical (unpaired) electrons. The van der Waals surface area contributed by atoms with Crippen molar-refractivity contribution in [1.29, 1.82) is 0 Å². The number of rotatable bonds is 1. The first-order valence-electron chi connectivity index (χ1n) is 4.56. The number of aromatic nitrogens is 1. The number of halogens is 2. The number of hydrogen-bond acceptors (Lipinski definition) is 1. The summed E-state index contributed by atoms with van der Waals surface area (Å²) >= 11 is 5.68. The average Bonchev–Trinajstić information content (AvgIpc) is 2.27. The van der Waals surface area contributed by atoms with Crippen LogP contribution in [0, 0.1) is 12.7 Å². The van der Waals surface area contributed by atoms with Crippen LogP contribution in [-0.4, -0.2) is 4.98 Å². The molecular formula is C12H9ClFN. The molecule has 76 valence electrons. The topological polar surface area (TPSA) is 12.9 Å². The molecule has 0 spiro atoms. The standard InChI is InChI=1S/C12H9ClFN/c1-8-9(5-6-10(13)12(8)14)11-4-2-3-7-15-11/h2-7H,1H3. The van der Waals surface area contributed by atoms with Crippen molar-refractivity contribution < 1.29 is 4.39 Å². The van der Waals surface area contributed by atoms with Crippen molar-refractivity contribution >= 4 is 11.6 Å². The van der Waals surface area contributed by atoms with Crippen molar-refractivity contribution in [2.75, 3.05) is 0 Å². The Morgan fingerprint density at radius 2 is 2.00 bits per heavy atom. The van der Waals surface area contributed by atoms with E-state index in [1.807, 2.05) is 18.2 Å². The van der Waals surface area contributed by atoms with Gasteiger partial charge in [0.15, 0.2) is 0 Å². The molecule has 1 nitrogen and oxygen atoms in total. The number of benzene rings is 1. The number of pyridine rings is 1. The lowest BCUT2D eigenvalue weighted by molar-refractivity contribution is 0.619. The summed E-state index contributed by atoms with van der Waals surface area (Å²) in [5, 5.41) is 0.146. The van der Waals surface area contributed by atoms with Crippen LogP contribution < -0.4 is 0 Å². The maximum Gasteiger partial charge on any atom is 0.145 e. The predicted octanol–water partition coefficient (Wildman–Crippen LogP) is 3.85. The monoisotopic (exact) mass is 221 g/mol. The van der Waals surface area contributed by atoms with Gasteiger partial charge in [-0.05, 0) is 30.7 Å². The van der Waals surface area contributed by atoms with Crippen LogP contribution in [-0.2, 0) is 0 Å². The first-order valence-corrected chi connectivity index (χ1v) is 4.94. The SMILES string of the molecule is Cc1c(-c2ccccn2)ccc(Cl)c1F. The third-order valence-corrected chi connectivity index (χ3v) is 2.57. The molecule has 1 aromatic carbocycles. The van der Waals surface area contributed by atoms with Crippen LogP contribution in [0.25, 0.3) is 11.3 Å². The number of nitrogens with zero attached hydrogens (tertiary/aromatic N) is 1. The highest BCUT2D eigenvalue weighted by Crippen LogP contribution is 2.27. The van der Waals surface area contributed by atoms with Crippen LogP contribution in [0.4, 0.5) is 4.39 Å². The molecule has 2 aromatic rings. The van der Waals surface area contributed by atoms with Gasteiger partial charge >= 0.3 is 0 Å². The minimum atomic E-state index is -0.375. The van der Waals surface area contributed by atoms with Gasteiger partial charge in [0.05, 0.1) is 10.7 Å². The molecular weight excluding hydrogens is 213 g/mol. The molecule has 1 aromatic heterocycles. The fourth-order valence-corrected chi connectivity index (χ4v) is 1.66. The Morgan fingerprint density at radius 1 is 1.20 bits per heavy atom. The van der Waals surface area contributed by atoms with Crippen molar-refractivity contribution in [3.05, 3.63) is 52.9 Å². The lowest BCUT2D eigenvalue weighted by Gasteiger charge is -2.06. The van der Waals surface area contributed by atoms with E-state index in [0.717, 1.165) is 11.3 Å². The van der Waals surface area contributed by atoms with E-state index < -0.39 is 0 Å². The second-order valence-electron chi connectivity index (χ2n) is 3.25. The van der Waals surface area contributed by atoms with Gasteiger partial charge in [0.1, 0.15) is 5.82 Å². The summed E-state index contributed by atoms with van der Waals surface area (Å²) in [4.78, 5) is 4.17. The molecule has 0 fully saturated rings. The van der Waals surface area contributed by atoms with Crippen molar-refractivity contribution in [1.82, 2.24) is 4.98 Å². The average molecular weight is 222 g/mol. The van der Waals surface area contributed by atoms with E-state index in [0.29, 0.717) is 5.56 Å². The predicted molar refractivity (Wildman–Crippen MR) is 59.4 cm³/mol. The lowest BCUT2D eigenvalue weighted by atomic mass is 10.0. The summed E-state index contributed by atoms with van der Waals surface area (Å²) in [6, 6.07) is 8.87. The second-order valence-corrected chi connectivity index (χ2v) is 3.66. The quantitative estimate of drug-likeness (QED) is 0.713. The number of hydrogen-bond donors (Lipinski definition) is 0. The summed E-state index contributed by atoms with van der Waals surface area (Å²) in [6.45, 7) is 1.70. The van der Waals surface area contributed by atoms with Crippen molar-refractivity contribution in [2.24, 2.45) is 0 Å². The van der Waals surface area contributed by atoms with Gasteiger partial charge in [0.25, 0.3) is 0 Å². The van der Waals surface area contributed by atoms with Gasteiger partial charge in [0, 0.05) is 11.8 Å². The maximum absolute atomic E-state index is 13.5. The second kappa shape index (κ2) is 3.99. The van der Waals surface area contributed by atoms with Crippen LogP contribution in [0.3, 0.4) is 0 Å². The zero-order chi connectivity index (χ0) is 10.8. The molecule has 0 unspecified atom stereocenters. The highest BCUT2D eigenvalue weighted by Gasteiger charge is 2.09. The first-order chi connectivity index (χ1) is 7.20. The highest BCUT2D eigenvalue weighted by molar-refractivity contribution is 6.30.